The van der Waals surface area contributed by atoms with Crippen molar-refractivity contribution in [3.8, 4) is 0 Å². The van der Waals surface area contributed by atoms with Crippen LogP contribution in [0.25, 0.3) is 11.0 Å². The van der Waals surface area contributed by atoms with E-state index in [-0.39, 0.29) is 17.6 Å². The van der Waals surface area contributed by atoms with Crippen LogP contribution < -0.4 is 16.2 Å². The highest BCUT2D eigenvalue weighted by atomic mass is 16.7. The Kier molecular flexibility index (Phi) is 7.37. The highest BCUT2D eigenvalue weighted by Gasteiger charge is 2.51. The molecule has 2 N–H and O–H groups in total. The molecule has 4 heterocycles. The van der Waals surface area contributed by atoms with Gasteiger partial charge in [-0.3, -0.25) is 19.2 Å². The van der Waals surface area contributed by atoms with Crippen LogP contribution in [0, 0.1) is 0 Å². The van der Waals surface area contributed by atoms with E-state index in [4.69, 9.17) is 24.7 Å². The van der Waals surface area contributed by atoms with Gasteiger partial charge in [-0.05, 0) is 19.3 Å². The third-order valence-corrected chi connectivity index (χ3v) is 5.94. The maximum absolute atomic E-state index is 13.6. The van der Waals surface area contributed by atoms with Crippen LogP contribution in [-0.2, 0) is 33.3 Å². The third kappa shape index (κ3) is 5.23. The van der Waals surface area contributed by atoms with E-state index in [1.165, 1.54) is 6.92 Å². The Morgan fingerprint density at radius 3 is 2.24 bits per heavy atom. The second kappa shape index (κ2) is 10.5. The molecule has 2 aliphatic heterocycles. The van der Waals surface area contributed by atoms with Crippen molar-refractivity contribution < 1.29 is 38.1 Å². The SMILES string of the molecule is CC(=O)OCC1OC(n2nnc3c(N4CCCCC4)nn(C(N)=O)c3c2=O)C(OC(C)=O)C1OC(C)=O. The highest BCUT2D eigenvalue weighted by molar-refractivity contribution is 5.93. The van der Waals surface area contributed by atoms with Gasteiger partial charge >= 0.3 is 23.9 Å². The monoisotopic (exact) mass is 521 g/mol. The van der Waals surface area contributed by atoms with Crippen molar-refractivity contribution in [2.75, 3.05) is 24.6 Å². The summed E-state index contributed by atoms with van der Waals surface area (Å²) in [5.41, 5.74) is 4.45. The van der Waals surface area contributed by atoms with E-state index >= 15 is 0 Å². The average Bonchev–Trinajstić information content (AvgIpc) is 3.38. The number of hydrogen-bond donors (Lipinski definition) is 1. The second-order valence-corrected chi connectivity index (χ2v) is 8.67. The number of primary amides is 1. The number of rotatable bonds is 6. The number of carbonyl (C=O) groups excluding carboxylic acids is 4. The van der Waals surface area contributed by atoms with Crippen molar-refractivity contribution in [1.29, 1.82) is 0 Å². The van der Waals surface area contributed by atoms with Crippen LogP contribution in [0.2, 0.25) is 0 Å². The molecule has 0 aromatic carbocycles. The lowest BCUT2D eigenvalue weighted by atomic mass is 10.1. The van der Waals surface area contributed by atoms with Crippen LogP contribution in [0.1, 0.15) is 46.3 Å². The summed E-state index contributed by atoms with van der Waals surface area (Å²) in [6.07, 6.45) is -2.34. The summed E-state index contributed by atoms with van der Waals surface area (Å²) in [6.45, 7) is 4.35. The highest BCUT2D eigenvalue weighted by Crippen LogP contribution is 2.34. The summed E-state index contributed by atoms with van der Waals surface area (Å²) in [6, 6.07) is -1.01. The summed E-state index contributed by atoms with van der Waals surface area (Å²) in [5.74, 6) is -1.84. The summed E-state index contributed by atoms with van der Waals surface area (Å²) in [4.78, 5) is 62.7. The Morgan fingerprint density at radius 2 is 1.65 bits per heavy atom. The van der Waals surface area contributed by atoms with Crippen LogP contribution in [0.3, 0.4) is 0 Å². The predicted molar refractivity (Wildman–Crippen MR) is 122 cm³/mol. The number of amides is 1. The fraction of sp³-hybridized carbons (Fsp3) is 0.619. The van der Waals surface area contributed by atoms with Crippen LogP contribution in [0.5, 0.6) is 0 Å². The first kappa shape index (κ1) is 26.0. The molecule has 4 atom stereocenters. The molecule has 1 amide bonds. The van der Waals surface area contributed by atoms with Gasteiger partial charge in [0.2, 0.25) is 0 Å². The lowest BCUT2D eigenvalue weighted by molar-refractivity contribution is -0.166. The number of anilines is 1. The number of hydrogen-bond acceptors (Lipinski definition) is 13. The molecule has 2 fully saturated rings. The van der Waals surface area contributed by atoms with E-state index in [2.05, 4.69) is 15.4 Å². The summed E-state index contributed by atoms with van der Waals surface area (Å²) < 4.78 is 23.0. The molecule has 2 aromatic heterocycles. The van der Waals surface area contributed by atoms with Crippen LogP contribution >= 0.6 is 0 Å². The van der Waals surface area contributed by atoms with Gasteiger partial charge in [0, 0.05) is 33.9 Å². The first-order valence-electron chi connectivity index (χ1n) is 11.6. The first-order valence-corrected chi connectivity index (χ1v) is 11.6. The predicted octanol–water partition coefficient (Wildman–Crippen LogP) is -0.771. The Hall–Kier alpha value is -4.08. The molecule has 0 bridgehead atoms. The minimum atomic E-state index is -1.45. The molecule has 37 heavy (non-hydrogen) atoms. The van der Waals surface area contributed by atoms with Gasteiger partial charge in [-0.1, -0.05) is 5.21 Å². The largest absolute Gasteiger partial charge is 0.463 e. The zero-order valence-corrected chi connectivity index (χ0v) is 20.5. The van der Waals surface area contributed by atoms with Gasteiger partial charge in [0.1, 0.15) is 12.7 Å². The van der Waals surface area contributed by atoms with Gasteiger partial charge < -0.3 is 29.6 Å². The summed E-state index contributed by atoms with van der Waals surface area (Å²) >= 11 is 0. The van der Waals surface area contributed by atoms with Crippen LogP contribution in [0.15, 0.2) is 4.79 Å². The Labute approximate surface area is 209 Å². The van der Waals surface area contributed by atoms with Crippen LogP contribution in [0.4, 0.5) is 10.6 Å². The zero-order chi connectivity index (χ0) is 26.9. The quantitative estimate of drug-likeness (QED) is 0.367. The molecule has 2 aliphatic rings. The van der Waals surface area contributed by atoms with E-state index in [1.54, 1.807) is 0 Å². The molecule has 0 radical (unpaired) electrons. The van der Waals surface area contributed by atoms with Crippen molar-refractivity contribution in [3.63, 3.8) is 0 Å². The van der Waals surface area contributed by atoms with Crippen molar-refractivity contribution in [1.82, 2.24) is 24.8 Å². The molecular weight excluding hydrogens is 494 g/mol. The van der Waals surface area contributed by atoms with Gasteiger partial charge in [-0.25, -0.2) is 4.79 Å². The standard InChI is InChI=1S/C21H27N7O9/c1-10(29)34-9-13-16(35-11(2)30)17(36-12(3)31)20(37-13)28-19(32)15-14(23-25-28)18(24-27(15)21(22)33)26-7-5-4-6-8-26/h13,16-17,20H,4-9H2,1-3H3,(H2,22,33). The molecule has 2 aromatic rings. The van der Waals surface area contributed by atoms with Gasteiger partial charge in [0.05, 0.1) is 0 Å². The maximum Gasteiger partial charge on any atom is 0.340 e. The number of carbonyl (C=O) groups is 4. The number of nitrogens with zero attached hydrogens (tertiary/aromatic N) is 6. The molecule has 16 nitrogen and oxygen atoms in total. The van der Waals surface area contributed by atoms with E-state index in [0.717, 1.165) is 42.5 Å². The van der Waals surface area contributed by atoms with Crippen molar-refractivity contribution in [2.24, 2.45) is 5.73 Å². The number of nitrogens with two attached hydrogens (primary N) is 1. The molecule has 2 saturated heterocycles. The number of piperidine rings is 1. The summed E-state index contributed by atoms with van der Waals surface area (Å²) in [7, 11) is 0. The molecule has 0 saturated carbocycles. The molecular formula is C21H27N7O9. The fourth-order valence-electron chi connectivity index (χ4n) is 4.46. The molecule has 4 unspecified atom stereocenters. The topological polar surface area (TPSA) is 200 Å². The molecule has 16 heteroatoms. The molecule has 4 rings (SSSR count). The van der Waals surface area contributed by atoms with Crippen molar-refractivity contribution in [3.05, 3.63) is 10.4 Å². The number of fused-ring (bicyclic) bond motifs is 1. The number of esters is 3. The molecule has 0 aliphatic carbocycles. The van der Waals surface area contributed by atoms with Crippen LogP contribution in [-0.4, -0.2) is 86.7 Å². The molecule has 0 spiro atoms. The smallest absolute Gasteiger partial charge is 0.340 e. The Morgan fingerprint density at radius 1 is 1.00 bits per heavy atom. The van der Waals surface area contributed by atoms with E-state index in [0.29, 0.717) is 18.9 Å². The Balaban J connectivity index is 1.81. The average molecular weight is 521 g/mol. The fourth-order valence-corrected chi connectivity index (χ4v) is 4.46. The minimum absolute atomic E-state index is 0.0667. The maximum atomic E-state index is 13.6. The van der Waals surface area contributed by atoms with Gasteiger partial charge in [-0.15, -0.1) is 10.2 Å². The van der Waals surface area contributed by atoms with E-state index < -0.39 is 54.0 Å². The lowest BCUT2D eigenvalue weighted by Gasteiger charge is -2.26. The normalized spacial score (nSPS) is 23.6. The second-order valence-electron chi connectivity index (χ2n) is 8.67. The zero-order valence-electron chi connectivity index (χ0n) is 20.5. The minimum Gasteiger partial charge on any atom is -0.463 e. The summed E-state index contributed by atoms with van der Waals surface area (Å²) in [5, 5.41) is 12.3. The molecule has 200 valence electrons. The number of aromatic nitrogens is 5. The van der Waals surface area contributed by atoms with Gasteiger partial charge in [-0.2, -0.15) is 9.36 Å². The van der Waals surface area contributed by atoms with Gasteiger partial charge in [0.25, 0.3) is 5.56 Å². The number of ether oxygens (including phenoxy) is 4. The van der Waals surface area contributed by atoms with E-state index in [1.807, 2.05) is 4.90 Å². The van der Waals surface area contributed by atoms with E-state index in [9.17, 15) is 24.0 Å². The lowest BCUT2D eigenvalue weighted by Crippen LogP contribution is -2.42. The third-order valence-electron chi connectivity index (χ3n) is 5.94. The van der Waals surface area contributed by atoms with Gasteiger partial charge in [0.15, 0.2) is 35.3 Å². The Bertz CT molecular complexity index is 1280. The van der Waals surface area contributed by atoms with Crippen molar-refractivity contribution in [2.45, 2.75) is 64.6 Å². The van der Waals surface area contributed by atoms with Crippen molar-refractivity contribution >= 4 is 40.8 Å². The first-order chi connectivity index (χ1) is 17.6.